The number of hydrogen-bond donors (Lipinski definition) is 2. The van der Waals surface area contributed by atoms with Gasteiger partial charge < -0.3 is 24.5 Å². The van der Waals surface area contributed by atoms with Gasteiger partial charge in [0.25, 0.3) is 5.91 Å². The predicted molar refractivity (Wildman–Crippen MR) is 98.9 cm³/mol. The van der Waals surface area contributed by atoms with Gasteiger partial charge in [0.15, 0.2) is 5.54 Å². The zero-order valence-electron chi connectivity index (χ0n) is 15.7. The highest BCUT2D eigenvalue weighted by Gasteiger charge is 2.32. The van der Waals surface area contributed by atoms with Gasteiger partial charge in [0.05, 0.1) is 12.7 Å². The Morgan fingerprint density at radius 2 is 1.93 bits per heavy atom. The van der Waals surface area contributed by atoms with Crippen molar-refractivity contribution in [3.63, 3.8) is 0 Å². The monoisotopic (exact) mass is 420 g/mol. The molecule has 0 aromatic heterocycles. The molecule has 2 N–H and O–H groups in total. The second kappa shape index (κ2) is 8.26. The van der Waals surface area contributed by atoms with Crippen molar-refractivity contribution in [2.45, 2.75) is 25.4 Å². The van der Waals surface area contributed by atoms with Crippen molar-refractivity contribution in [2.24, 2.45) is 0 Å². The average Bonchev–Trinajstić information content (AvgIpc) is 3.06. The maximum absolute atomic E-state index is 12.4. The van der Waals surface area contributed by atoms with E-state index in [1.807, 2.05) is 6.07 Å². The van der Waals surface area contributed by atoms with Crippen LogP contribution in [-0.4, -0.2) is 36.6 Å². The largest absolute Gasteiger partial charge is 0.573 e. The topological polar surface area (TPSA) is 101 Å². The summed E-state index contributed by atoms with van der Waals surface area (Å²) in [5.41, 5.74) is 0.0103. The predicted octanol–water partition coefficient (Wildman–Crippen LogP) is 1.89. The molecule has 30 heavy (non-hydrogen) atoms. The number of alkyl halides is 3. The number of carbonyl (C=O) groups is 1. The molecule has 1 aliphatic rings. The number of fused-ring (bicyclic) bond motifs is 1. The number of amides is 1. The first kappa shape index (κ1) is 21.5. The molecule has 2 aromatic carbocycles. The van der Waals surface area contributed by atoms with Crippen LogP contribution < -0.4 is 20.3 Å². The highest BCUT2D eigenvalue weighted by Crippen LogP contribution is 2.23. The van der Waals surface area contributed by atoms with Crippen molar-refractivity contribution in [3.8, 4) is 17.6 Å². The van der Waals surface area contributed by atoms with Crippen LogP contribution in [0.25, 0.3) is 0 Å². The molecule has 0 spiro atoms. The minimum Gasteiger partial charge on any atom is -0.490 e. The first-order valence-corrected chi connectivity index (χ1v) is 8.73. The molecule has 1 aliphatic heterocycles. The van der Waals surface area contributed by atoms with E-state index in [-0.39, 0.29) is 18.8 Å². The molecule has 1 atom stereocenters. The molecule has 0 saturated heterocycles. The zero-order chi connectivity index (χ0) is 21.9. The SMILES string of the molecule is CC(C#N)(COc1ccc2c(c1)B(O)OC2)NC(=O)c1ccc(OC(F)(F)F)cc1. The number of carbonyl (C=O) groups excluding carboxylic acids is 1. The Hall–Kier alpha value is -3.23. The molecule has 2 aromatic rings. The Bertz CT molecular complexity index is 978. The average molecular weight is 420 g/mol. The molecule has 0 radical (unpaired) electrons. The van der Waals surface area contributed by atoms with Crippen LogP contribution in [0, 0.1) is 11.3 Å². The van der Waals surface area contributed by atoms with Crippen LogP contribution in [-0.2, 0) is 11.3 Å². The smallest absolute Gasteiger partial charge is 0.490 e. The quantitative estimate of drug-likeness (QED) is 0.693. The third-order valence-electron chi connectivity index (χ3n) is 4.29. The highest BCUT2D eigenvalue weighted by atomic mass is 19.4. The second-order valence-corrected chi connectivity index (χ2v) is 6.78. The maximum atomic E-state index is 12.4. The Morgan fingerprint density at radius 1 is 1.27 bits per heavy atom. The van der Waals surface area contributed by atoms with E-state index in [1.165, 1.54) is 6.92 Å². The van der Waals surface area contributed by atoms with E-state index in [4.69, 9.17) is 9.39 Å². The molecular formula is C19H16BF3N2O5. The van der Waals surface area contributed by atoms with E-state index in [9.17, 15) is 28.3 Å². The van der Waals surface area contributed by atoms with Crippen molar-refractivity contribution in [3.05, 3.63) is 53.6 Å². The maximum Gasteiger partial charge on any atom is 0.573 e. The molecule has 0 aliphatic carbocycles. The van der Waals surface area contributed by atoms with Crippen molar-refractivity contribution in [1.82, 2.24) is 5.32 Å². The van der Waals surface area contributed by atoms with Gasteiger partial charge in [-0.25, -0.2) is 0 Å². The zero-order valence-corrected chi connectivity index (χ0v) is 15.7. The van der Waals surface area contributed by atoms with E-state index >= 15 is 0 Å². The number of benzene rings is 2. The minimum absolute atomic E-state index is 0.0452. The van der Waals surface area contributed by atoms with Gasteiger partial charge >= 0.3 is 13.5 Å². The first-order chi connectivity index (χ1) is 14.1. The van der Waals surface area contributed by atoms with E-state index in [0.29, 0.717) is 11.2 Å². The fourth-order valence-corrected chi connectivity index (χ4v) is 2.74. The van der Waals surface area contributed by atoms with Gasteiger partial charge in [-0.15, -0.1) is 13.2 Å². The molecule has 1 heterocycles. The van der Waals surface area contributed by atoms with Gasteiger partial charge in [0, 0.05) is 5.56 Å². The van der Waals surface area contributed by atoms with Crippen LogP contribution in [0.4, 0.5) is 13.2 Å². The molecule has 3 rings (SSSR count). The Balaban J connectivity index is 1.63. The third kappa shape index (κ3) is 5.22. The van der Waals surface area contributed by atoms with Crippen LogP contribution >= 0.6 is 0 Å². The number of ether oxygens (including phenoxy) is 2. The summed E-state index contributed by atoms with van der Waals surface area (Å²) >= 11 is 0. The summed E-state index contributed by atoms with van der Waals surface area (Å²) in [6, 6.07) is 11.2. The standard InChI is InChI=1S/C19H16BF3N2O5/c1-18(10-24,11-28-15-7-4-13-9-29-20(27)16(13)8-15)25-17(26)12-2-5-14(6-3-12)30-19(21,22)23/h2-8,27H,9,11H2,1H3,(H,25,26). The van der Waals surface area contributed by atoms with E-state index < -0.39 is 30.7 Å². The number of nitrogens with zero attached hydrogens (tertiary/aromatic N) is 1. The summed E-state index contributed by atoms with van der Waals surface area (Å²) in [4.78, 5) is 12.4. The van der Waals surface area contributed by atoms with Crippen molar-refractivity contribution < 1.29 is 37.1 Å². The normalized spacial score (nSPS) is 15.0. The number of nitrogens with one attached hydrogen (secondary N) is 1. The van der Waals surface area contributed by atoms with Gasteiger partial charge in [-0.2, -0.15) is 5.26 Å². The Morgan fingerprint density at radius 3 is 2.57 bits per heavy atom. The summed E-state index contributed by atoms with van der Waals surface area (Å²) in [7, 11) is -1.05. The molecular weight excluding hydrogens is 404 g/mol. The van der Waals surface area contributed by atoms with Crippen LogP contribution in [0.2, 0.25) is 0 Å². The highest BCUT2D eigenvalue weighted by molar-refractivity contribution is 6.61. The third-order valence-corrected chi connectivity index (χ3v) is 4.29. The lowest BCUT2D eigenvalue weighted by Crippen LogP contribution is -2.49. The van der Waals surface area contributed by atoms with Gasteiger partial charge in [-0.1, -0.05) is 6.07 Å². The minimum atomic E-state index is -4.83. The Kier molecular flexibility index (Phi) is 5.91. The van der Waals surface area contributed by atoms with Crippen LogP contribution in [0.1, 0.15) is 22.8 Å². The summed E-state index contributed by atoms with van der Waals surface area (Å²) in [5.74, 6) is -0.755. The lowest BCUT2D eigenvalue weighted by atomic mass is 9.79. The van der Waals surface area contributed by atoms with Gasteiger partial charge in [-0.05, 0) is 54.3 Å². The molecule has 0 fully saturated rings. The van der Waals surface area contributed by atoms with Gasteiger partial charge in [0.1, 0.15) is 18.1 Å². The van der Waals surface area contributed by atoms with Crippen LogP contribution in [0.3, 0.4) is 0 Å². The summed E-state index contributed by atoms with van der Waals surface area (Å²) in [5, 5.41) is 21.7. The fourth-order valence-electron chi connectivity index (χ4n) is 2.74. The van der Waals surface area contributed by atoms with Crippen molar-refractivity contribution in [2.75, 3.05) is 6.61 Å². The molecule has 0 saturated carbocycles. The lowest BCUT2D eigenvalue weighted by molar-refractivity contribution is -0.274. The van der Waals surface area contributed by atoms with Crippen molar-refractivity contribution >= 4 is 18.5 Å². The molecule has 1 amide bonds. The van der Waals surface area contributed by atoms with E-state index in [2.05, 4.69) is 10.1 Å². The fraction of sp³-hybridized carbons (Fsp3) is 0.263. The molecule has 11 heteroatoms. The van der Waals surface area contributed by atoms with E-state index in [0.717, 1.165) is 29.8 Å². The van der Waals surface area contributed by atoms with Crippen LogP contribution in [0.15, 0.2) is 42.5 Å². The summed E-state index contributed by atoms with van der Waals surface area (Å²) in [6.45, 7) is 1.52. The second-order valence-electron chi connectivity index (χ2n) is 6.78. The molecule has 7 nitrogen and oxygen atoms in total. The van der Waals surface area contributed by atoms with E-state index in [1.54, 1.807) is 18.2 Å². The molecule has 1 unspecified atom stereocenters. The van der Waals surface area contributed by atoms with Crippen LogP contribution in [0.5, 0.6) is 11.5 Å². The number of hydrogen-bond acceptors (Lipinski definition) is 6. The van der Waals surface area contributed by atoms with Gasteiger partial charge in [-0.3, -0.25) is 4.79 Å². The van der Waals surface area contributed by atoms with Gasteiger partial charge in [0.2, 0.25) is 0 Å². The summed E-state index contributed by atoms with van der Waals surface area (Å²) in [6.07, 6.45) is -4.83. The first-order valence-electron chi connectivity index (χ1n) is 8.73. The number of nitriles is 1. The Labute approximate surface area is 170 Å². The summed E-state index contributed by atoms with van der Waals surface area (Å²) < 4.78 is 51.1. The molecule has 0 bridgehead atoms. The van der Waals surface area contributed by atoms with Crippen molar-refractivity contribution in [1.29, 1.82) is 5.26 Å². The molecule has 156 valence electrons. The number of rotatable bonds is 6. The number of halogens is 3. The lowest BCUT2D eigenvalue weighted by Gasteiger charge is -2.23.